The van der Waals surface area contributed by atoms with Crippen LogP contribution in [0.5, 0.6) is 0 Å². The molecule has 2 aromatic rings. The first-order valence-electron chi connectivity index (χ1n) is 6.33. The standard InChI is InChI=1S/C15H16O4/c16-8-13-14(9-17)19-15(18-13)12-6-5-10-3-1-2-4-11(10)7-12/h1-7,13-17H,8-9H2. The van der Waals surface area contributed by atoms with Crippen LogP contribution in [-0.2, 0) is 9.47 Å². The van der Waals surface area contributed by atoms with E-state index in [-0.39, 0.29) is 13.2 Å². The van der Waals surface area contributed by atoms with Crippen LogP contribution in [0.4, 0.5) is 0 Å². The van der Waals surface area contributed by atoms with E-state index in [9.17, 15) is 10.2 Å². The fourth-order valence-electron chi connectivity index (χ4n) is 2.36. The van der Waals surface area contributed by atoms with Gasteiger partial charge in [0.25, 0.3) is 0 Å². The smallest absolute Gasteiger partial charge is 0.184 e. The minimum Gasteiger partial charge on any atom is -0.394 e. The maximum absolute atomic E-state index is 9.19. The Hall–Kier alpha value is -1.46. The van der Waals surface area contributed by atoms with Gasteiger partial charge in [0, 0.05) is 5.56 Å². The zero-order valence-electron chi connectivity index (χ0n) is 10.4. The van der Waals surface area contributed by atoms with Crippen LogP contribution in [0.25, 0.3) is 10.8 Å². The summed E-state index contributed by atoms with van der Waals surface area (Å²) < 4.78 is 11.2. The van der Waals surface area contributed by atoms with Gasteiger partial charge in [-0.05, 0) is 16.8 Å². The van der Waals surface area contributed by atoms with E-state index in [1.54, 1.807) is 0 Å². The highest BCUT2D eigenvalue weighted by Gasteiger charge is 2.35. The van der Waals surface area contributed by atoms with Gasteiger partial charge in [-0.25, -0.2) is 0 Å². The normalized spacial score (nSPS) is 26.9. The van der Waals surface area contributed by atoms with Crippen LogP contribution in [0.1, 0.15) is 11.9 Å². The number of aliphatic hydroxyl groups is 2. The molecule has 1 saturated heterocycles. The third-order valence-corrected chi connectivity index (χ3v) is 3.42. The first kappa shape index (κ1) is 12.6. The molecule has 19 heavy (non-hydrogen) atoms. The van der Waals surface area contributed by atoms with E-state index < -0.39 is 18.5 Å². The summed E-state index contributed by atoms with van der Waals surface area (Å²) in [6.45, 7) is -0.315. The molecule has 2 aromatic carbocycles. The molecule has 0 amide bonds. The maximum Gasteiger partial charge on any atom is 0.184 e. The first-order chi connectivity index (χ1) is 9.31. The Balaban J connectivity index is 1.88. The highest BCUT2D eigenvalue weighted by Crippen LogP contribution is 2.32. The molecule has 0 radical (unpaired) electrons. The van der Waals surface area contributed by atoms with Crippen LogP contribution in [0.3, 0.4) is 0 Å². The van der Waals surface area contributed by atoms with Gasteiger partial charge in [-0.3, -0.25) is 0 Å². The lowest BCUT2D eigenvalue weighted by Crippen LogP contribution is -2.29. The monoisotopic (exact) mass is 260 g/mol. The zero-order chi connectivity index (χ0) is 13.2. The average Bonchev–Trinajstić information content (AvgIpc) is 2.90. The molecule has 1 aliphatic rings. The molecule has 0 spiro atoms. The fourth-order valence-corrected chi connectivity index (χ4v) is 2.36. The largest absolute Gasteiger partial charge is 0.394 e. The van der Waals surface area contributed by atoms with Gasteiger partial charge in [0.2, 0.25) is 0 Å². The highest BCUT2D eigenvalue weighted by molar-refractivity contribution is 5.83. The van der Waals surface area contributed by atoms with Gasteiger partial charge in [-0.2, -0.15) is 0 Å². The van der Waals surface area contributed by atoms with E-state index in [1.165, 1.54) is 0 Å². The Morgan fingerprint density at radius 3 is 2.11 bits per heavy atom. The number of fused-ring (bicyclic) bond motifs is 1. The second kappa shape index (κ2) is 5.27. The summed E-state index contributed by atoms with van der Waals surface area (Å²) in [5, 5.41) is 20.6. The number of rotatable bonds is 3. The molecule has 2 atom stereocenters. The molecule has 0 saturated carbocycles. The molecule has 1 aliphatic heterocycles. The first-order valence-corrected chi connectivity index (χ1v) is 6.33. The lowest BCUT2D eigenvalue weighted by atomic mass is 10.1. The van der Waals surface area contributed by atoms with Gasteiger partial charge in [-0.1, -0.05) is 36.4 Å². The molecule has 4 nitrogen and oxygen atoms in total. The maximum atomic E-state index is 9.19. The molecule has 2 N–H and O–H groups in total. The van der Waals surface area contributed by atoms with Crippen molar-refractivity contribution in [2.24, 2.45) is 0 Å². The van der Waals surface area contributed by atoms with Crippen LogP contribution in [0.2, 0.25) is 0 Å². The lowest BCUT2D eigenvalue weighted by molar-refractivity contribution is -0.0769. The quantitative estimate of drug-likeness (QED) is 0.880. The Bertz CT molecular complexity index is 557. The Kier molecular flexibility index (Phi) is 3.48. The van der Waals surface area contributed by atoms with Crippen LogP contribution >= 0.6 is 0 Å². The average molecular weight is 260 g/mol. The topological polar surface area (TPSA) is 58.9 Å². The van der Waals surface area contributed by atoms with Gasteiger partial charge in [0.05, 0.1) is 13.2 Å². The van der Waals surface area contributed by atoms with Crippen LogP contribution in [0, 0.1) is 0 Å². The van der Waals surface area contributed by atoms with E-state index in [4.69, 9.17) is 9.47 Å². The van der Waals surface area contributed by atoms with Gasteiger partial charge < -0.3 is 19.7 Å². The molecule has 100 valence electrons. The van der Waals surface area contributed by atoms with E-state index in [0.29, 0.717) is 0 Å². The Morgan fingerprint density at radius 2 is 1.47 bits per heavy atom. The van der Waals surface area contributed by atoms with Crippen LogP contribution in [0.15, 0.2) is 42.5 Å². The van der Waals surface area contributed by atoms with E-state index in [1.807, 2.05) is 42.5 Å². The van der Waals surface area contributed by atoms with Crippen LogP contribution in [-0.4, -0.2) is 35.6 Å². The van der Waals surface area contributed by atoms with E-state index >= 15 is 0 Å². The Labute approximate surface area is 111 Å². The number of benzene rings is 2. The molecule has 1 fully saturated rings. The van der Waals surface area contributed by atoms with E-state index in [0.717, 1.165) is 16.3 Å². The summed E-state index contributed by atoms with van der Waals surface area (Å²) in [5.41, 5.74) is 0.896. The van der Waals surface area contributed by atoms with E-state index in [2.05, 4.69) is 0 Å². The van der Waals surface area contributed by atoms with Gasteiger partial charge in [-0.15, -0.1) is 0 Å². The van der Waals surface area contributed by atoms with Crippen molar-refractivity contribution in [3.8, 4) is 0 Å². The lowest BCUT2D eigenvalue weighted by Gasteiger charge is -2.11. The second-order valence-corrected chi connectivity index (χ2v) is 4.65. The Morgan fingerprint density at radius 1 is 0.842 bits per heavy atom. The van der Waals surface area contributed by atoms with Gasteiger partial charge >= 0.3 is 0 Å². The summed E-state index contributed by atoms with van der Waals surface area (Å²) in [7, 11) is 0. The van der Waals surface area contributed by atoms with Crippen molar-refractivity contribution in [1.29, 1.82) is 0 Å². The van der Waals surface area contributed by atoms with Crippen LogP contribution < -0.4 is 0 Å². The molecular weight excluding hydrogens is 244 g/mol. The van der Waals surface area contributed by atoms with Crippen molar-refractivity contribution in [2.45, 2.75) is 18.5 Å². The van der Waals surface area contributed by atoms with Crippen molar-refractivity contribution in [3.05, 3.63) is 48.0 Å². The number of hydrogen-bond acceptors (Lipinski definition) is 4. The summed E-state index contributed by atoms with van der Waals surface area (Å²) in [6, 6.07) is 14.0. The van der Waals surface area contributed by atoms with Gasteiger partial charge in [0.15, 0.2) is 6.29 Å². The predicted octanol–water partition coefficient (Wildman–Crippen LogP) is 1.61. The van der Waals surface area contributed by atoms with Crippen molar-refractivity contribution < 1.29 is 19.7 Å². The highest BCUT2D eigenvalue weighted by atomic mass is 16.7. The molecule has 1 heterocycles. The van der Waals surface area contributed by atoms with Crippen molar-refractivity contribution in [3.63, 3.8) is 0 Å². The number of hydrogen-bond donors (Lipinski definition) is 2. The minimum absolute atomic E-state index is 0.157. The van der Waals surface area contributed by atoms with Crippen molar-refractivity contribution in [1.82, 2.24) is 0 Å². The second-order valence-electron chi connectivity index (χ2n) is 4.65. The van der Waals surface area contributed by atoms with Crippen molar-refractivity contribution >= 4 is 10.8 Å². The molecule has 0 aromatic heterocycles. The fraction of sp³-hybridized carbons (Fsp3) is 0.333. The third-order valence-electron chi connectivity index (χ3n) is 3.42. The molecule has 0 bridgehead atoms. The molecular formula is C15H16O4. The number of ether oxygens (including phenoxy) is 2. The molecule has 2 unspecified atom stereocenters. The summed E-state index contributed by atoms with van der Waals surface area (Å²) in [6.07, 6.45) is -1.47. The number of aliphatic hydroxyl groups excluding tert-OH is 2. The molecule has 3 rings (SSSR count). The summed E-state index contributed by atoms with van der Waals surface area (Å²) in [5.74, 6) is 0. The summed E-state index contributed by atoms with van der Waals surface area (Å²) in [4.78, 5) is 0. The SMILES string of the molecule is OCC1OC(c2ccc3ccccc3c2)OC1CO. The van der Waals surface area contributed by atoms with Crippen molar-refractivity contribution in [2.75, 3.05) is 13.2 Å². The minimum atomic E-state index is -0.529. The molecule has 0 aliphatic carbocycles. The zero-order valence-corrected chi connectivity index (χ0v) is 10.4. The molecule has 4 heteroatoms. The van der Waals surface area contributed by atoms with Gasteiger partial charge in [0.1, 0.15) is 12.2 Å². The summed E-state index contributed by atoms with van der Waals surface area (Å²) >= 11 is 0. The predicted molar refractivity (Wildman–Crippen MR) is 70.6 cm³/mol. The third kappa shape index (κ3) is 2.35.